The summed E-state index contributed by atoms with van der Waals surface area (Å²) in [6.07, 6.45) is 4.07. The van der Waals surface area contributed by atoms with Crippen molar-refractivity contribution in [1.82, 2.24) is 9.71 Å². The second kappa shape index (κ2) is 6.45. The van der Waals surface area contributed by atoms with Gasteiger partial charge in [0.15, 0.2) is 0 Å². The van der Waals surface area contributed by atoms with E-state index >= 15 is 0 Å². The van der Waals surface area contributed by atoms with E-state index in [1.165, 1.54) is 11.3 Å². The molecule has 0 spiro atoms. The molecule has 2 rings (SSSR count). The van der Waals surface area contributed by atoms with E-state index in [2.05, 4.69) is 9.71 Å². The Labute approximate surface area is 122 Å². The molecule has 108 valence electrons. The van der Waals surface area contributed by atoms with Gasteiger partial charge >= 0.3 is 0 Å². The maximum Gasteiger partial charge on any atom is 0.250 e. The number of thiophene rings is 1. The van der Waals surface area contributed by atoms with E-state index in [1.54, 1.807) is 18.5 Å². The summed E-state index contributed by atoms with van der Waals surface area (Å²) in [5.41, 5.74) is 7.35. The molecule has 0 aromatic carbocycles. The molecule has 3 N–H and O–H groups in total. The Morgan fingerprint density at radius 1 is 1.35 bits per heavy atom. The summed E-state index contributed by atoms with van der Waals surface area (Å²) < 4.78 is 27.3. The van der Waals surface area contributed by atoms with Crippen LogP contribution in [0.1, 0.15) is 16.0 Å². The van der Waals surface area contributed by atoms with Gasteiger partial charge in [-0.1, -0.05) is 0 Å². The van der Waals surface area contributed by atoms with Crippen molar-refractivity contribution in [3.8, 4) is 0 Å². The van der Waals surface area contributed by atoms with Gasteiger partial charge in [0.05, 0.1) is 0 Å². The second-order valence-corrected chi connectivity index (χ2v) is 7.55. The van der Waals surface area contributed by atoms with Crippen LogP contribution in [0.3, 0.4) is 0 Å². The van der Waals surface area contributed by atoms with Crippen molar-refractivity contribution < 1.29 is 8.42 Å². The molecule has 20 heavy (non-hydrogen) atoms. The van der Waals surface area contributed by atoms with Crippen LogP contribution in [-0.2, 0) is 23.0 Å². The van der Waals surface area contributed by atoms with Gasteiger partial charge in [0.1, 0.15) is 4.21 Å². The van der Waals surface area contributed by atoms with Gasteiger partial charge in [-0.05, 0) is 49.2 Å². The third-order valence-corrected chi connectivity index (χ3v) is 5.92. The largest absolute Gasteiger partial charge is 0.330 e. The fraction of sp³-hybridized carbons (Fsp3) is 0.308. The highest BCUT2D eigenvalue weighted by atomic mass is 32.2. The summed E-state index contributed by atoms with van der Waals surface area (Å²) in [6, 6.07) is 5.24. The molecule has 0 aliphatic carbocycles. The number of aryl methyl sites for hydroxylation is 1. The number of aromatic nitrogens is 1. The molecule has 0 bridgehead atoms. The molecule has 2 aromatic rings. The van der Waals surface area contributed by atoms with Crippen LogP contribution >= 0.6 is 11.3 Å². The number of hydrogen-bond donors (Lipinski definition) is 2. The highest BCUT2D eigenvalue weighted by Crippen LogP contribution is 2.22. The molecule has 0 atom stereocenters. The van der Waals surface area contributed by atoms with Crippen LogP contribution in [0.15, 0.2) is 34.8 Å². The number of hydrogen-bond acceptors (Lipinski definition) is 5. The molecule has 5 nitrogen and oxygen atoms in total. The molecule has 0 unspecified atom stereocenters. The number of pyridine rings is 1. The topological polar surface area (TPSA) is 85.1 Å². The van der Waals surface area contributed by atoms with E-state index in [4.69, 9.17) is 5.73 Å². The van der Waals surface area contributed by atoms with E-state index < -0.39 is 10.0 Å². The first kappa shape index (κ1) is 15.1. The van der Waals surface area contributed by atoms with E-state index in [-0.39, 0.29) is 6.54 Å². The van der Waals surface area contributed by atoms with Gasteiger partial charge in [0.2, 0.25) is 10.0 Å². The van der Waals surface area contributed by atoms with Crippen LogP contribution in [0.4, 0.5) is 0 Å². The third kappa shape index (κ3) is 3.63. The Morgan fingerprint density at radius 2 is 2.15 bits per heavy atom. The van der Waals surface area contributed by atoms with Crippen molar-refractivity contribution in [2.45, 2.75) is 24.1 Å². The van der Waals surface area contributed by atoms with Gasteiger partial charge in [0, 0.05) is 23.8 Å². The van der Waals surface area contributed by atoms with Crippen molar-refractivity contribution in [3.63, 3.8) is 0 Å². The van der Waals surface area contributed by atoms with Crippen molar-refractivity contribution in [3.05, 3.63) is 46.6 Å². The lowest BCUT2D eigenvalue weighted by Gasteiger charge is -2.07. The lowest BCUT2D eigenvalue weighted by Crippen LogP contribution is -2.22. The minimum atomic E-state index is -3.47. The van der Waals surface area contributed by atoms with E-state index in [0.29, 0.717) is 17.2 Å². The molecule has 2 heterocycles. The van der Waals surface area contributed by atoms with E-state index in [0.717, 1.165) is 16.0 Å². The average molecular weight is 311 g/mol. The molecule has 7 heteroatoms. The minimum absolute atomic E-state index is 0.265. The summed E-state index contributed by atoms with van der Waals surface area (Å²) in [7, 11) is -3.47. The summed E-state index contributed by atoms with van der Waals surface area (Å²) in [4.78, 5) is 4.96. The number of nitrogens with zero attached hydrogens (tertiary/aromatic N) is 1. The molecule has 0 aliphatic heterocycles. The van der Waals surface area contributed by atoms with Crippen molar-refractivity contribution in [2.24, 2.45) is 5.73 Å². The predicted molar refractivity (Wildman–Crippen MR) is 80.1 cm³/mol. The average Bonchev–Trinajstić information content (AvgIpc) is 2.88. The van der Waals surface area contributed by atoms with Crippen LogP contribution in [-0.4, -0.2) is 19.9 Å². The molecule has 2 aromatic heterocycles. The zero-order valence-corrected chi connectivity index (χ0v) is 12.8. The highest BCUT2D eigenvalue weighted by Gasteiger charge is 2.16. The van der Waals surface area contributed by atoms with Crippen LogP contribution in [0, 0.1) is 6.92 Å². The lowest BCUT2D eigenvalue weighted by atomic mass is 10.2. The molecule has 0 fully saturated rings. The number of rotatable bonds is 6. The zero-order chi connectivity index (χ0) is 14.6. The van der Waals surface area contributed by atoms with Crippen molar-refractivity contribution in [1.29, 1.82) is 0 Å². The molecule has 0 saturated heterocycles. The first-order valence-corrected chi connectivity index (χ1v) is 8.51. The quantitative estimate of drug-likeness (QED) is 0.845. The lowest BCUT2D eigenvalue weighted by molar-refractivity contribution is 0.583. The first-order chi connectivity index (χ1) is 9.53. The van der Waals surface area contributed by atoms with Gasteiger partial charge < -0.3 is 5.73 Å². The predicted octanol–water partition coefficient (Wildman–Crippen LogP) is 1.43. The number of sulfonamides is 1. The Kier molecular flexibility index (Phi) is 4.87. The first-order valence-electron chi connectivity index (χ1n) is 6.21. The zero-order valence-electron chi connectivity index (χ0n) is 11.2. The minimum Gasteiger partial charge on any atom is -0.330 e. The second-order valence-electron chi connectivity index (χ2n) is 4.39. The summed E-state index contributed by atoms with van der Waals surface area (Å²) in [5.74, 6) is 0. The van der Waals surface area contributed by atoms with Crippen LogP contribution in [0.2, 0.25) is 0 Å². The normalized spacial score (nSPS) is 11.7. The van der Waals surface area contributed by atoms with Crippen LogP contribution < -0.4 is 10.5 Å². The maximum absolute atomic E-state index is 12.2. The molecule has 0 aliphatic rings. The van der Waals surface area contributed by atoms with Gasteiger partial charge in [0.25, 0.3) is 0 Å². The fourth-order valence-corrected chi connectivity index (χ4v) is 4.15. The van der Waals surface area contributed by atoms with Gasteiger partial charge in [-0.15, -0.1) is 11.3 Å². The molecule has 0 radical (unpaired) electrons. The summed E-state index contributed by atoms with van der Waals surface area (Å²) >= 11 is 1.26. The molecular formula is C13H17N3O2S2. The SMILES string of the molecule is Cc1cnccc1CNS(=O)(=O)c1ccc(CCN)s1. The van der Waals surface area contributed by atoms with Gasteiger partial charge in [-0.25, -0.2) is 13.1 Å². The van der Waals surface area contributed by atoms with Crippen molar-refractivity contribution >= 4 is 21.4 Å². The smallest absolute Gasteiger partial charge is 0.250 e. The number of nitrogens with two attached hydrogens (primary N) is 1. The maximum atomic E-state index is 12.2. The molecule has 0 saturated carbocycles. The highest BCUT2D eigenvalue weighted by molar-refractivity contribution is 7.91. The Balaban J connectivity index is 2.09. The molecule has 0 amide bonds. The summed E-state index contributed by atoms with van der Waals surface area (Å²) in [6.45, 7) is 2.69. The van der Waals surface area contributed by atoms with Crippen LogP contribution in [0.5, 0.6) is 0 Å². The standard InChI is InChI=1S/C13H17N3O2S2/c1-10-8-15-7-5-11(10)9-16-20(17,18)13-3-2-12(19-13)4-6-14/h2-3,5,7-8,16H,4,6,9,14H2,1H3. The van der Waals surface area contributed by atoms with Crippen LogP contribution in [0.25, 0.3) is 0 Å². The number of nitrogens with one attached hydrogen (secondary N) is 1. The monoisotopic (exact) mass is 311 g/mol. The van der Waals surface area contributed by atoms with Gasteiger partial charge in [-0.3, -0.25) is 4.98 Å². The van der Waals surface area contributed by atoms with Gasteiger partial charge in [-0.2, -0.15) is 0 Å². The Hall–Kier alpha value is -1.28. The van der Waals surface area contributed by atoms with E-state index in [1.807, 2.05) is 19.1 Å². The third-order valence-electron chi connectivity index (χ3n) is 2.88. The Bertz CT molecular complexity index is 680. The summed E-state index contributed by atoms with van der Waals surface area (Å²) in [5, 5.41) is 0. The van der Waals surface area contributed by atoms with Crippen molar-refractivity contribution in [2.75, 3.05) is 6.54 Å². The Morgan fingerprint density at radius 3 is 2.85 bits per heavy atom. The van der Waals surface area contributed by atoms with E-state index in [9.17, 15) is 8.42 Å². The fourth-order valence-electron chi connectivity index (χ4n) is 1.72. The molecular weight excluding hydrogens is 294 g/mol.